The third kappa shape index (κ3) is 2.59. The molecule has 0 N–H and O–H groups in total. The predicted octanol–water partition coefficient (Wildman–Crippen LogP) is 3.92. The number of benzene rings is 1. The number of aryl methyl sites for hydroxylation is 1. The van der Waals surface area contributed by atoms with Crippen molar-refractivity contribution < 1.29 is 18.7 Å². The molecule has 2 bridgehead atoms. The summed E-state index contributed by atoms with van der Waals surface area (Å²) >= 11 is 1.39. The number of halogens is 1. The molecule has 1 unspecified atom stereocenters. The number of hydrogen-bond acceptors (Lipinski definition) is 5. The smallest absolute Gasteiger partial charge is 0.165 e. The third-order valence-electron chi connectivity index (χ3n) is 5.31. The average Bonchev–Trinajstić information content (AvgIpc) is 3.20. The van der Waals surface area contributed by atoms with Crippen molar-refractivity contribution in [2.75, 3.05) is 7.11 Å². The minimum atomic E-state index is -0.737. The summed E-state index contributed by atoms with van der Waals surface area (Å²) in [7, 11) is 1.42. The maximum Gasteiger partial charge on any atom is 0.165 e. The Morgan fingerprint density at radius 3 is 2.48 bits per heavy atom. The first-order valence-corrected chi connectivity index (χ1v) is 9.20. The van der Waals surface area contributed by atoms with Gasteiger partial charge in [0.05, 0.1) is 12.8 Å². The molecule has 0 spiro atoms. The number of carbonyl (C=O) groups excluding carboxylic acids is 2. The summed E-state index contributed by atoms with van der Waals surface area (Å²) in [5.41, 5.74) is 1.18. The van der Waals surface area contributed by atoms with Crippen LogP contribution in [-0.4, -0.2) is 23.7 Å². The minimum absolute atomic E-state index is 0.00400. The van der Waals surface area contributed by atoms with Gasteiger partial charge in [0.2, 0.25) is 0 Å². The Morgan fingerprint density at radius 1 is 1.20 bits per heavy atom. The van der Waals surface area contributed by atoms with Crippen LogP contribution >= 0.6 is 11.3 Å². The van der Waals surface area contributed by atoms with Gasteiger partial charge in [0.25, 0.3) is 0 Å². The molecular weight excluding hydrogens is 341 g/mol. The van der Waals surface area contributed by atoms with Crippen LogP contribution < -0.4 is 4.74 Å². The molecule has 0 amide bonds. The lowest BCUT2D eigenvalue weighted by molar-refractivity contribution is -0.136. The number of nitrogens with zero attached hydrogens (tertiary/aromatic N) is 1. The van der Waals surface area contributed by atoms with Gasteiger partial charge in [0, 0.05) is 22.3 Å². The van der Waals surface area contributed by atoms with Crippen LogP contribution in [0.1, 0.15) is 35.8 Å². The Kier molecular flexibility index (Phi) is 3.95. The molecule has 0 aliphatic heterocycles. The summed E-state index contributed by atoms with van der Waals surface area (Å²) in [6, 6.07) is 4.66. The molecule has 1 heterocycles. The molecule has 0 radical (unpaired) electrons. The molecule has 2 fully saturated rings. The zero-order valence-electron chi connectivity index (χ0n) is 14.0. The number of aromatic nitrogens is 1. The molecule has 2 aliphatic carbocycles. The molecule has 2 aliphatic rings. The number of methoxy groups -OCH3 is 1. The van der Waals surface area contributed by atoms with Crippen molar-refractivity contribution in [2.24, 2.45) is 11.8 Å². The summed E-state index contributed by atoms with van der Waals surface area (Å²) in [5.74, 6) is -1.01. The number of ether oxygens (including phenoxy) is 1. The largest absolute Gasteiger partial charge is 0.494 e. The van der Waals surface area contributed by atoms with Crippen LogP contribution in [-0.2, 0) is 9.59 Å². The molecule has 130 valence electrons. The second-order valence-corrected chi connectivity index (χ2v) is 7.96. The maximum absolute atomic E-state index is 14.0. The first kappa shape index (κ1) is 16.4. The second kappa shape index (κ2) is 6.02. The van der Waals surface area contributed by atoms with Crippen molar-refractivity contribution in [2.45, 2.75) is 32.1 Å². The fourth-order valence-corrected chi connectivity index (χ4v) is 4.93. The summed E-state index contributed by atoms with van der Waals surface area (Å²) in [6.45, 7) is 1.87. The number of fused-ring (bicyclic) bond motifs is 2. The van der Waals surface area contributed by atoms with Gasteiger partial charge in [-0.2, -0.15) is 0 Å². The van der Waals surface area contributed by atoms with Crippen molar-refractivity contribution in [3.63, 3.8) is 0 Å². The van der Waals surface area contributed by atoms with E-state index in [9.17, 15) is 14.0 Å². The SMILES string of the molecule is COc1ccc(-c2nc(C3C(=O)[C@@H]4CC[C@@H](C4)C3=O)c(C)s2)cc1F. The number of thiazole rings is 1. The number of hydrogen-bond donors (Lipinski definition) is 0. The van der Waals surface area contributed by atoms with Crippen LogP contribution in [0.2, 0.25) is 0 Å². The summed E-state index contributed by atoms with van der Waals surface area (Å²) in [5, 5.41) is 0.618. The monoisotopic (exact) mass is 359 g/mol. The Morgan fingerprint density at radius 2 is 1.88 bits per heavy atom. The van der Waals surface area contributed by atoms with E-state index in [0.717, 1.165) is 17.7 Å². The van der Waals surface area contributed by atoms with E-state index >= 15 is 0 Å². The lowest BCUT2D eigenvalue weighted by Gasteiger charge is -2.24. The highest BCUT2D eigenvalue weighted by Gasteiger charge is 2.48. The van der Waals surface area contributed by atoms with E-state index in [-0.39, 0.29) is 29.2 Å². The topological polar surface area (TPSA) is 56.3 Å². The first-order valence-electron chi connectivity index (χ1n) is 8.38. The van der Waals surface area contributed by atoms with E-state index in [1.54, 1.807) is 12.1 Å². The molecule has 2 aromatic rings. The fourth-order valence-electron chi connectivity index (χ4n) is 3.98. The van der Waals surface area contributed by atoms with Gasteiger partial charge < -0.3 is 4.74 Å². The van der Waals surface area contributed by atoms with Crippen LogP contribution in [0.25, 0.3) is 10.6 Å². The van der Waals surface area contributed by atoms with Gasteiger partial charge in [-0.1, -0.05) is 0 Å². The summed E-state index contributed by atoms with van der Waals surface area (Å²) in [6.07, 6.45) is 2.32. The van der Waals surface area contributed by atoms with Crippen molar-refractivity contribution in [1.82, 2.24) is 4.98 Å². The van der Waals surface area contributed by atoms with Crippen molar-refractivity contribution >= 4 is 22.9 Å². The predicted molar refractivity (Wildman–Crippen MR) is 92.4 cm³/mol. The van der Waals surface area contributed by atoms with Crippen LogP contribution in [0, 0.1) is 24.6 Å². The van der Waals surface area contributed by atoms with E-state index in [1.165, 1.54) is 24.5 Å². The van der Waals surface area contributed by atoms with Crippen molar-refractivity contribution in [1.29, 1.82) is 0 Å². The first-order chi connectivity index (χ1) is 12.0. The van der Waals surface area contributed by atoms with Gasteiger partial charge >= 0.3 is 0 Å². The normalized spacial score (nSPS) is 25.5. The number of carbonyl (C=O) groups is 2. The standard InChI is InChI=1S/C19H18FNO3S/c1-9-16(15-17(22)10-3-4-11(7-10)18(15)23)21-19(25-9)12-5-6-14(24-2)13(20)8-12/h5-6,8,10-11,15H,3-4,7H2,1-2H3/t10-,11+,15?. The van der Waals surface area contributed by atoms with Gasteiger partial charge in [0.1, 0.15) is 10.9 Å². The Labute approximate surface area is 149 Å². The Hall–Kier alpha value is -2.08. The zero-order chi connectivity index (χ0) is 17.7. The quantitative estimate of drug-likeness (QED) is 0.780. The van der Waals surface area contributed by atoms with Gasteiger partial charge in [-0.15, -0.1) is 11.3 Å². The summed E-state index contributed by atoms with van der Waals surface area (Å²) in [4.78, 5) is 30.8. The molecule has 3 atom stereocenters. The number of rotatable bonds is 3. The van der Waals surface area contributed by atoms with Gasteiger partial charge in [-0.05, 0) is 44.4 Å². The Bertz CT molecular complexity index is 854. The third-order valence-corrected chi connectivity index (χ3v) is 6.35. The van der Waals surface area contributed by atoms with Gasteiger partial charge in [0.15, 0.2) is 23.1 Å². The highest BCUT2D eigenvalue weighted by atomic mass is 32.1. The van der Waals surface area contributed by atoms with Crippen LogP contribution in [0.5, 0.6) is 5.75 Å². The molecule has 1 aromatic carbocycles. The van der Waals surface area contributed by atoms with Crippen molar-refractivity contribution in [3.05, 3.63) is 34.6 Å². The zero-order valence-corrected chi connectivity index (χ0v) is 14.9. The van der Waals surface area contributed by atoms with Crippen LogP contribution in [0.4, 0.5) is 4.39 Å². The van der Waals surface area contributed by atoms with E-state index in [0.29, 0.717) is 22.7 Å². The lowest BCUT2D eigenvalue weighted by Crippen LogP contribution is -2.35. The maximum atomic E-state index is 14.0. The number of ketones is 2. The van der Waals surface area contributed by atoms with Gasteiger partial charge in [-0.25, -0.2) is 9.37 Å². The van der Waals surface area contributed by atoms with Crippen LogP contribution in [0.15, 0.2) is 18.2 Å². The van der Waals surface area contributed by atoms with Crippen molar-refractivity contribution in [3.8, 4) is 16.3 Å². The van der Waals surface area contributed by atoms with E-state index in [4.69, 9.17) is 4.74 Å². The molecule has 1 aromatic heterocycles. The molecule has 4 rings (SSSR count). The molecular formula is C19H18FNO3S. The minimum Gasteiger partial charge on any atom is -0.494 e. The van der Waals surface area contributed by atoms with E-state index < -0.39 is 11.7 Å². The fraction of sp³-hybridized carbons (Fsp3) is 0.421. The summed E-state index contributed by atoms with van der Waals surface area (Å²) < 4.78 is 18.9. The molecule has 4 nitrogen and oxygen atoms in total. The van der Waals surface area contributed by atoms with Gasteiger partial charge in [-0.3, -0.25) is 9.59 Å². The highest BCUT2D eigenvalue weighted by Crippen LogP contribution is 2.45. The second-order valence-electron chi connectivity index (χ2n) is 6.75. The average molecular weight is 359 g/mol. The molecule has 6 heteroatoms. The lowest BCUT2D eigenvalue weighted by atomic mass is 9.77. The highest BCUT2D eigenvalue weighted by molar-refractivity contribution is 7.15. The van der Waals surface area contributed by atoms with Crippen LogP contribution in [0.3, 0.4) is 0 Å². The molecule has 0 saturated heterocycles. The molecule has 25 heavy (non-hydrogen) atoms. The molecule has 2 saturated carbocycles. The number of Topliss-reactive ketones (excluding diaryl/α,β-unsaturated/α-hetero) is 2. The van der Waals surface area contributed by atoms with E-state index in [1.807, 2.05) is 6.92 Å². The van der Waals surface area contributed by atoms with E-state index in [2.05, 4.69) is 4.98 Å². The Balaban J connectivity index is 1.72.